The van der Waals surface area contributed by atoms with Crippen molar-refractivity contribution in [2.75, 3.05) is 47.5 Å². The minimum Gasteiger partial charge on any atom is -0.545 e. The molecule has 0 spiro atoms. The van der Waals surface area contributed by atoms with Crippen molar-refractivity contribution in [2.45, 2.75) is 322 Å². The summed E-state index contributed by atoms with van der Waals surface area (Å²) >= 11 is 0. The van der Waals surface area contributed by atoms with E-state index in [0.717, 1.165) is 77.0 Å². The normalized spacial score (nSPS) is 13.4. The molecule has 0 radical (unpaired) electrons. The van der Waals surface area contributed by atoms with Gasteiger partial charge in [-0.25, -0.2) is 0 Å². The Morgan fingerprint density at radius 1 is 0.348 bits per heavy atom. The van der Waals surface area contributed by atoms with Gasteiger partial charge in [0.2, 0.25) is 0 Å². The molecule has 0 aromatic carbocycles. The Morgan fingerprint density at radius 3 is 1.00 bits per heavy atom. The van der Waals surface area contributed by atoms with Gasteiger partial charge in [-0.1, -0.05) is 315 Å². The minimum atomic E-state index is -1.64. The summed E-state index contributed by atoms with van der Waals surface area (Å²) < 4.78 is 22.7. The standard InChI is InChI=1S/C80H137NO8/c1-6-8-10-12-14-16-18-20-22-24-26-28-30-32-34-36-37-38-39-40-41-43-44-46-48-50-52-54-56-58-60-62-64-66-68-70-77(82)87-74-76(75-88-80(79(84)85)86-73-72-81(3,4)5)89-78(83)71-69-67-65-63-61-59-57-55-53-51-49-47-45-42-35-33-31-29-27-25-23-21-19-17-15-13-11-9-7-2/h9,11,15,17,21,23-24,26-27,29,33,35,45,47,51,53,57,59,63,65,76,80H,6-8,10,12-14,16,18-20,22,25,28,30-32,34,36-44,46,48-50,52,54-56,58,60-62,64,66-75H2,1-5H3/b11-9-,17-15-,23-21-,26-24-,29-27-,35-33-,47-45-,53-51-,59-57-,65-63-. The first-order valence-electron chi connectivity index (χ1n) is 36.7. The lowest BCUT2D eigenvalue weighted by molar-refractivity contribution is -0.870. The van der Waals surface area contributed by atoms with Crippen molar-refractivity contribution in [3.05, 3.63) is 122 Å². The van der Waals surface area contributed by atoms with Gasteiger partial charge < -0.3 is 33.3 Å². The molecule has 0 saturated carbocycles. The number of carboxylic acids is 1. The van der Waals surface area contributed by atoms with Gasteiger partial charge in [0.25, 0.3) is 0 Å². The molecule has 2 unspecified atom stereocenters. The van der Waals surface area contributed by atoms with E-state index in [9.17, 15) is 19.5 Å². The highest BCUT2D eigenvalue weighted by atomic mass is 16.7. The largest absolute Gasteiger partial charge is 0.545 e. The van der Waals surface area contributed by atoms with E-state index in [1.54, 1.807) is 0 Å². The zero-order chi connectivity index (χ0) is 64.7. The first-order valence-corrected chi connectivity index (χ1v) is 36.7. The van der Waals surface area contributed by atoms with Crippen LogP contribution in [-0.4, -0.2) is 82.3 Å². The van der Waals surface area contributed by atoms with Gasteiger partial charge in [0.15, 0.2) is 12.4 Å². The van der Waals surface area contributed by atoms with E-state index < -0.39 is 24.3 Å². The van der Waals surface area contributed by atoms with Gasteiger partial charge in [-0.3, -0.25) is 9.59 Å². The molecule has 0 aliphatic heterocycles. The number of aliphatic carboxylic acids is 1. The summed E-state index contributed by atoms with van der Waals surface area (Å²) in [6.45, 7) is 4.59. The predicted molar refractivity (Wildman–Crippen MR) is 380 cm³/mol. The Morgan fingerprint density at radius 2 is 0.652 bits per heavy atom. The van der Waals surface area contributed by atoms with Gasteiger partial charge >= 0.3 is 11.9 Å². The summed E-state index contributed by atoms with van der Waals surface area (Å²) in [4.78, 5) is 37.5. The second-order valence-electron chi connectivity index (χ2n) is 25.5. The van der Waals surface area contributed by atoms with Gasteiger partial charge in [0.1, 0.15) is 13.2 Å². The van der Waals surface area contributed by atoms with E-state index in [1.165, 1.54) is 193 Å². The fourth-order valence-electron chi connectivity index (χ4n) is 10.1. The first-order chi connectivity index (χ1) is 43.6. The van der Waals surface area contributed by atoms with Crippen molar-refractivity contribution in [3.8, 4) is 0 Å². The van der Waals surface area contributed by atoms with E-state index in [2.05, 4.69) is 135 Å². The van der Waals surface area contributed by atoms with Crippen LogP contribution in [0.25, 0.3) is 0 Å². The molecular formula is C80H137NO8. The van der Waals surface area contributed by atoms with E-state index in [0.29, 0.717) is 23.9 Å². The Labute approximate surface area is 548 Å². The topological polar surface area (TPSA) is 111 Å². The van der Waals surface area contributed by atoms with Crippen molar-refractivity contribution < 1.29 is 42.9 Å². The molecule has 2 atom stereocenters. The molecule has 0 aromatic rings. The lowest BCUT2D eigenvalue weighted by Crippen LogP contribution is -2.44. The average molecular weight is 1240 g/mol. The maximum absolute atomic E-state index is 12.9. The van der Waals surface area contributed by atoms with Crippen LogP contribution in [0, 0.1) is 0 Å². The third-order valence-electron chi connectivity index (χ3n) is 15.7. The lowest BCUT2D eigenvalue weighted by Gasteiger charge is -2.26. The van der Waals surface area contributed by atoms with Crippen LogP contribution in [0.3, 0.4) is 0 Å². The quantitative estimate of drug-likeness (QED) is 0.0195. The average Bonchev–Trinajstić information content (AvgIpc) is 3.71. The van der Waals surface area contributed by atoms with E-state index >= 15 is 0 Å². The molecule has 0 heterocycles. The maximum atomic E-state index is 12.9. The molecule has 9 nitrogen and oxygen atoms in total. The van der Waals surface area contributed by atoms with Crippen molar-refractivity contribution in [1.82, 2.24) is 0 Å². The van der Waals surface area contributed by atoms with Crippen LogP contribution < -0.4 is 5.11 Å². The Hall–Kier alpha value is -4.31. The number of hydrogen-bond acceptors (Lipinski definition) is 8. The second-order valence-corrected chi connectivity index (χ2v) is 25.5. The van der Waals surface area contributed by atoms with Crippen LogP contribution in [0.1, 0.15) is 309 Å². The van der Waals surface area contributed by atoms with Crippen molar-refractivity contribution in [3.63, 3.8) is 0 Å². The number of ether oxygens (including phenoxy) is 4. The summed E-state index contributed by atoms with van der Waals surface area (Å²) in [5, 5.41) is 11.8. The molecule has 0 rings (SSSR count). The summed E-state index contributed by atoms with van der Waals surface area (Å²) in [6, 6.07) is 0. The van der Waals surface area contributed by atoms with Crippen LogP contribution in [0.2, 0.25) is 0 Å². The molecule has 89 heavy (non-hydrogen) atoms. The number of unbranched alkanes of at least 4 members (excludes halogenated alkanes) is 32. The Balaban J connectivity index is 4.16. The molecule has 9 heteroatoms. The lowest BCUT2D eigenvalue weighted by atomic mass is 10.0. The van der Waals surface area contributed by atoms with E-state index in [1.807, 2.05) is 21.1 Å². The highest BCUT2D eigenvalue weighted by Crippen LogP contribution is 2.18. The number of rotatable bonds is 67. The zero-order valence-corrected chi connectivity index (χ0v) is 58.3. The number of carbonyl (C=O) groups excluding carboxylic acids is 3. The molecule has 0 bridgehead atoms. The van der Waals surface area contributed by atoms with Crippen LogP contribution in [0.5, 0.6) is 0 Å². The monoisotopic (exact) mass is 1240 g/mol. The maximum Gasteiger partial charge on any atom is 0.306 e. The molecule has 0 amide bonds. The van der Waals surface area contributed by atoms with Crippen LogP contribution in [-0.2, 0) is 33.3 Å². The number of nitrogens with zero attached hydrogens (tertiary/aromatic N) is 1. The molecule has 0 N–H and O–H groups in total. The summed E-state index contributed by atoms with van der Waals surface area (Å²) in [5.41, 5.74) is 0. The fourth-order valence-corrected chi connectivity index (χ4v) is 10.1. The SMILES string of the molecule is CC/C=C\C/C=C\C/C=C\C/C=C\C/C=C\C/C=C\C/C=C\C/C=C\C/C=C\CCCC(=O)OC(COC(=O)CCCCCCCCCCCCCCCCCCCCCCCCC/C=C\CCCCCCCCCC)COC(OCC[N+](C)(C)C)C(=O)[O-]. The summed E-state index contributed by atoms with van der Waals surface area (Å²) in [6.07, 6.45) is 96.0. The third-order valence-corrected chi connectivity index (χ3v) is 15.7. The Bertz CT molecular complexity index is 1880. The van der Waals surface area contributed by atoms with Gasteiger partial charge in [0.05, 0.1) is 40.3 Å². The van der Waals surface area contributed by atoms with E-state index in [-0.39, 0.29) is 38.6 Å². The number of quaternary nitrogens is 1. The Kier molecular flexibility index (Phi) is 66.2. The zero-order valence-electron chi connectivity index (χ0n) is 58.3. The summed E-state index contributed by atoms with van der Waals surface area (Å²) in [7, 11) is 5.91. The van der Waals surface area contributed by atoms with Gasteiger partial charge in [-0.05, 0) is 103 Å². The number of hydrogen-bond donors (Lipinski definition) is 0. The van der Waals surface area contributed by atoms with Crippen LogP contribution in [0.15, 0.2) is 122 Å². The molecule has 510 valence electrons. The van der Waals surface area contributed by atoms with Gasteiger partial charge in [-0.15, -0.1) is 0 Å². The smallest absolute Gasteiger partial charge is 0.306 e. The highest BCUT2D eigenvalue weighted by Gasteiger charge is 2.22. The number of esters is 2. The van der Waals surface area contributed by atoms with Crippen LogP contribution >= 0.6 is 0 Å². The molecule has 0 fully saturated rings. The number of carbonyl (C=O) groups is 3. The summed E-state index contributed by atoms with van der Waals surface area (Å²) in [5.74, 6) is -2.36. The first kappa shape index (κ1) is 84.7. The number of likely N-dealkylation sites (N-methyl/N-ethyl adjacent to an activating group) is 1. The fraction of sp³-hybridized carbons (Fsp3) is 0.713. The van der Waals surface area contributed by atoms with Crippen molar-refractivity contribution in [2.24, 2.45) is 0 Å². The predicted octanol–water partition coefficient (Wildman–Crippen LogP) is 21.8. The molecule has 0 saturated heterocycles. The second kappa shape index (κ2) is 69.6. The number of carboxylic acid groups (broad SMARTS) is 1. The third kappa shape index (κ3) is 71.0. The minimum absolute atomic E-state index is 0.132. The number of allylic oxidation sites excluding steroid dienone is 20. The van der Waals surface area contributed by atoms with Crippen molar-refractivity contribution >= 4 is 17.9 Å². The van der Waals surface area contributed by atoms with Crippen LogP contribution in [0.4, 0.5) is 0 Å². The molecule has 0 aliphatic rings. The molecule has 0 aromatic heterocycles. The van der Waals surface area contributed by atoms with Gasteiger partial charge in [-0.2, -0.15) is 0 Å². The highest BCUT2D eigenvalue weighted by molar-refractivity contribution is 5.70. The molecular weight excluding hydrogens is 1100 g/mol. The molecule has 0 aliphatic carbocycles. The van der Waals surface area contributed by atoms with E-state index in [4.69, 9.17) is 18.9 Å². The van der Waals surface area contributed by atoms with Crippen molar-refractivity contribution in [1.29, 1.82) is 0 Å². The van der Waals surface area contributed by atoms with Gasteiger partial charge in [0, 0.05) is 12.8 Å².